The molecule has 0 radical (unpaired) electrons. The molecule has 10 heteroatoms. The van der Waals surface area contributed by atoms with Gasteiger partial charge in [0.2, 0.25) is 5.91 Å². The molecule has 1 aromatic rings. The molecule has 1 aromatic carbocycles. The summed E-state index contributed by atoms with van der Waals surface area (Å²) in [6.45, 7) is -0.0370. The molecular weight excluding hydrogens is 294 g/mol. The molecule has 1 aliphatic rings. The average molecular weight is 305 g/mol. The lowest BCUT2D eigenvalue weighted by Gasteiger charge is -2.17. The zero-order chi connectivity index (χ0) is 16.3. The van der Waals surface area contributed by atoms with Crippen LogP contribution in [0.1, 0.15) is 28.3 Å². The highest BCUT2D eigenvalue weighted by molar-refractivity contribution is 5.89. The second kappa shape index (κ2) is 6.10. The van der Waals surface area contributed by atoms with Gasteiger partial charge in [-0.1, -0.05) is 11.2 Å². The fourth-order valence-corrected chi connectivity index (χ4v) is 2.48. The Kier molecular flexibility index (Phi) is 4.23. The normalized spacial score (nSPS) is 20.1. The van der Waals surface area contributed by atoms with E-state index in [-0.39, 0.29) is 35.7 Å². The summed E-state index contributed by atoms with van der Waals surface area (Å²) < 4.78 is 0. The molecule has 2 unspecified atom stereocenters. The maximum atomic E-state index is 11.5. The third kappa shape index (κ3) is 2.96. The Hall–Kier alpha value is -3.13. The quantitative estimate of drug-likeness (QED) is 0.277. The Bertz CT molecular complexity index is 697. The highest BCUT2D eigenvalue weighted by atomic mass is 16.6. The van der Waals surface area contributed by atoms with Crippen LogP contribution < -0.4 is 5.32 Å². The average Bonchev–Trinajstić information content (AvgIpc) is 2.85. The molecule has 1 amide bonds. The number of carboxylic acid groups (broad SMARTS) is 1. The fourth-order valence-electron chi connectivity index (χ4n) is 2.48. The summed E-state index contributed by atoms with van der Waals surface area (Å²) >= 11 is 0. The SMILES string of the molecule is [N-]=[N+]=NCC1NC(=O)CC1c1ccc(C(=O)O)cc1[N+](=O)[O-]. The van der Waals surface area contributed by atoms with Gasteiger partial charge >= 0.3 is 5.97 Å². The predicted molar refractivity (Wildman–Crippen MR) is 73.4 cm³/mol. The molecule has 2 atom stereocenters. The van der Waals surface area contributed by atoms with Gasteiger partial charge in [-0.05, 0) is 11.6 Å². The van der Waals surface area contributed by atoms with Crippen LogP contribution in [-0.4, -0.2) is 34.5 Å². The van der Waals surface area contributed by atoms with Crippen molar-refractivity contribution in [3.63, 3.8) is 0 Å². The molecule has 1 saturated heterocycles. The zero-order valence-corrected chi connectivity index (χ0v) is 11.2. The second-order valence-corrected chi connectivity index (χ2v) is 4.73. The molecule has 1 fully saturated rings. The molecule has 1 aliphatic heterocycles. The second-order valence-electron chi connectivity index (χ2n) is 4.73. The molecule has 1 heterocycles. The van der Waals surface area contributed by atoms with Crippen molar-refractivity contribution < 1.29 is 19.6 Å². The maximum Gasteiger partial charge on any atom is 0.335 e. The lowest BCUT2D eigenvalue weighted by Crippen LogP contribution is -2.31. The standard InChI is InChI=1S/C12H11N5O5/c13-16-14-5-9-8(4-11(18)15-9)7-2-1-6(12(19)20)3-10(7)17(21)22/h1-3,8-9H,4-5H2,(H,15,18)(H,19,20). The number of nitrogens with zero attached hydrogens (tertiary/aromatic N) is 4. The fraction of sp³-hybridized carbons (Fsp3) is 0.333. The van der Waals surface area contributed by atoms with Gasteiger partial charge in [-0.25, -0.2) is 4.79 Å². The topological polar surface area (TPSA) is 158 Å². The van der Waals surface area contributed by atoms with E-state index in [1.165, 1.54) is 12.1 Å². The molecule has 0 aliphatic carbocycles. The number of amides is 1. The number of hydrogen-bond donors (Lipinski definition) is 2. The number of nitrogens with one attached hydrogen (secondary N) is 1. The number of benzene rings is 1. The molecule has 114 valence electrons. The van der Waals surface area contributed by atoms with E-state index in [1.807, 2.05) is 0 Å². The van der Waals surface area contributed by atoms with Gasteiger partial charge in [-0.2, -0.15) is 0 Å². The van der Waals surface area contributed by atoms with E-state index in [0.29, 0.717) is 0 Å². The highest BCUT2D eigenvalue weighted by Crippen LogP contribution is 2.35. The van der Waals surface area contributed by atoms with Gasteiger partial charge in [-0.3, -0.25) is 14.9 Å². The van der Waals surface area contributed by atoms with E-state index in [9.17, 15) is 19.7 Å². The molecular formula is C12H11N5O5. The van der Waals surface area contributed by atoms with Crippen molar-refractivity contribution in [3.05, 3.63) is 49.9 Å². The molecule has 0 aromatic heterocycles. The van der Waals surface area contributed by atoms with Crippen LogP contribution in [0.2, 0.25) is 0 Å². The van der Waals surface area contributed by atoms with Gasteiger partial charge in [0.15, 0.2) is 0 Å². The molecule has 0 bridgehead atoms. The maximum absolute atomic E-state index is 11.5. The van der Waals surface area contributed by atoms with Crippen LogP contribution >= 0.6 is 0 Å². The summed E-state index contributed by atoms with van der Waals surface area (Å²) in [5.74, 6) is -2.14. The first kappa shape index (κ1) is 15.3. The largest absolute Gasteiger partial charge is 0.478 e. The van der Waals surface area contributed by atoms with Crippen LogP contribution in [0, 0.1) is 10.1 Å². The summed E-state index contributed by atoms with van der Waals surface area (Å²) in [5.41, 5.74) is 8.03. The Morgan fingerprint density at radius 3 is 2.91 bits per heavy atom. The van der Waals surface area contributed by atoms with E-state index >= 15 is 0 Å². The first-order valence-corrected chi connectivity index (χ1v) is 6.26. The van der Waals surface area contributed by atoms with Crippen molar-refractivity contribution in [2.24, 2.45) is 5.11 Å². The van der Waals surface area contributed by atoms with Crippen molar-refractivity contribution >= 4 is 17.6 Å². The Labute approximate surface area is 123 Å². The number of rotatable bonds is 5. The van der Waals surface area contributed by atoms with Crippen molar-refractivity contribution in [2.45, 2.75) is 18.4 Å². The van der Waals surface area contributed by atoms with E-state index in [0.717, 1.165) is 6.07 Å². The third-order valence-electron chi connectivity index (χ3n) is 3.45. The lowest BCUT2D eigenvalue weighted by atomic mass is 9.89. The molecule has 10 nitrogen and oxygen atoms in total. The highest BCUT2D eigenvalue weighted by Gasteiger charge is 2.37. The minimum atomic E-state index is -1.28. The number of carboxylic acids is 1. The van der Waals surface area contributed by atoms with Gasteiger partial charge in [0, 0.05) is 41.5 Å². The van der Waals surface area contributed by atoms with Gasteiger partial charge < -0.3 is 10.4 Å². The molecule has 2 rings (SSSR count). The number of carbonyl (C=O) groups excluding carboxylic acids is 1. The number of carbonyl (C=O) groups is 2. The van der Waals surface area contributed by atoms with Crippen LogP contribution in [0.15, 0.2) is 23.3 Å². The molecule has 0 saturated carbocycles. The van der Waals surface area contributed by atoms with Gasteiger partial charge in [0.1, 0.15) is 0 Å². The van der Waals surface area contributed by atoms with Crippen molar-refractivity contribution in [1.82, 2.24) is 5.32 Å². The van der Waals surface area contributed by atoms with Crippen molar-refractivity contribution in [3.8, 4) is 0 Å². The van der Waals surface area contributed by atoms with Crippen LogP contribution in [0.3, 0.4) is 0 Å². The lowest BCUT2D eigenvalue weighted by molar-refractivity contribution is -0.385. The van der Waals surface area contributed by atoms with Gasteiger partial charge in [-0.15, -0.1) is 0 Å². The predicted octanol–water partition coefficient (Wildman–Crippen LogP) is 1.58. The van der Waals surface area contributed by atoms with E-state index in [1.54, 1.807) is 0 Å². The van der Waals surface area contributed by atoms with Gasteiger partial charge in [0.05, 0.1) is 10.5 Å². The molecule has 22 heavy (non-hydrogen) atoms. The summed E-state index contributed by atoms with van der Waals surface area (Å²) in [5, 5.41) is 26.1. The van der Waals surface area contributed by atoms with Crippen LogP contribution in [0.25, 0.3) is 10.4 Å². The first-order valence-electron chi connectivity index (χ1n) is 6.26. The monoisotopic (exact) mass is 305 g/mol. The van der Waals surface area contributed by atoms with Crippen LogP contribution in [-0.2, 0) is 4.79 Å². The molecule has 0 spiro atoms. The van der Waals surface area contributed by atoms with Crippen molar-refractivity contribution in [2.75, 3.05) is 6.54 Å². The zero-order valence-electron chi connectivity index (χ0n) is 11.2. The Morgan fingerprint density at radius 1 is 1.59 bits per heavy atom. The summed E-state index contributed by atoms with van der Waals surface area (Å²) in [4.78, 5) is 35.6. The van der Waals surface area contributed by atoms with Crippen LogP contribution in [0.4, 0.5) is 5.69 Å². The van der Waals surface area contributed by atoms with Gasteiger partial charge in [0.25, 0.3) is 5.69 Å². The number of aromatic carboxylic acids is 1. The number of nitro benzene ring substituents is 1. The smallest absolute Gasteiger partial charge is 0.335 e. The van der Waals surface area contributed by atoms with E-state index in [4.69, 9.17) is 10.6 Å². The number of nitro groups is 1. The minimum absolute atomic E-state index is 0.0128. The first-order chi connectivity index (χ1) is 10.4. The summed E-state index contributed by atoms with van der Waals surface area (Å²) in [6, 6.07) is 2.98. The Balaban J connectivity index is 2.45. The Morgan fingerprint density at radius 2 is 2.32 bits per heavy atom. The van der Waals surface area contributed by atoms with Crippen molar-refractivity contribution in [1.29, 1.82) is 0 Å². The number of azide groups is 1. The third-order valence-corrected chi connectivity index (χ3v) is 3.45. The number of hydrogen-bond acceptors (Lipinski definition) is 5. The summed E-state index contributed by atoms with van der Waals surface area (Å²) in [6.07, 6.45) is 0.0128. The van der Waals surface area contributed by atoms with E-state index in [2.05, 4.69) is 15.3 Å². The van der Waals surface area contributed by atoms with Crippen LogP contribution in [0.5, 0.6) is 0 Å². The summed E-state index contributed by atoms with van der Waals surface area (Å²) in [7, 11) is 0. The minimum Gasteiger partial charge on any atom is -0.478 e. The molecule has 2 N–H and O–H groups in total. The van der Waals surface area contributed by atoms with E-state index < -0.39 is 22.9 Å².